The van der Waals surface area contributed by atoms with E-state index in [1.807, 2.05) is 24.5 Å². The summed E-state index contributed by atoms with van der Waals surface area (Å²) >= 11 is 6.07. The summed E-state index contributed by atoms with van der Waals surface area (Å²) in [6, 6.07) is 5.89. The molecule has 4 nitrogen and oxygen atoms in total. The molecule has 1 atom stereocenters. The summed E-state index contributed by atoms with van der Waals surface area (Å²) in [4.78, 5) is 2.39. The van der Waals surface area contributed by atoms with Crippen molar-refractivity contribution in [3.05, 3.63) is 46.7 Å². The monoisotopic (exact) mass is 291 g/mol. The molecule has 1 aromatic heterocycles. The summed E-state index contributed by atoms with van der Waals surface area (Å²) in [5.41, 5.74) is 2.38. The van der Waals surface area contributed by atoms with Crippen LogP contribution >= 0.6 is 11.6 Å². The summed E-state index contributed by atoms with van der Waals surface area (Å²) in [7, 11) is 0. The van der Waals surface area contributed by atoms with Gasteiger partial charge in [0.25, 0.3) is 0 Å². The maximum Gasteiger partial charge on any atom is 0.125 e. The number of aromatic amines is 1. The van der Waals surface area contributed by atoms with E-state index >= 15 is 0 Å². The summed E-state index contributed by atoms with van der Waals surface area (Å²) < 4.78 is 6.09. The molecular formula is C15H18ClN3O. The van der Waals surface area contributed by atoms with Crippen molar-refractivity contribution >= 4 is 11.6 Å². The molecule has 5 heteroatoms. The van der Waals surface area contributed by atoms with Crippen molar-refractivity contribution < 1.29 is 4.74 Å². The van der Waals surface area contributed by atoms with Gasteiger partial charge >= 0.3 is 0 Å². The second-order valence-electron chi connectivity index (χ2n) is 5.18. The van der Waals surface area contributed by atoms with Crippen LogP contribution in [-0.4, -0.2) is 27.7 Å². The van der Waals surface area contributed by atoms with Gasteiger partial charge in [-0.2, -0.15) is 5.10 Å². The zero-order valence-electron chi connectivity index (χ0n) is 11.5. The maximum atomic E-state index is 6.09. The molecule has 20 heavy (non-hydrogen) atoms. The Kier molecular flexibility index (Phi) is 3.94. The van der Waals surface area contributed by atoms with Crippen LogP contribution in [0.15, 0.2) is 30.6 Å². The van der Waals surface area contributed by atoms with Gasteiger partial charge in [0.2, 0.25) is 0 Å². The van der Waals surface area contributed by atoms with Crippen molar-refractivity contribution in [1.29, 1.82) is 0 Å². The van der Waals surface area contributed by atoms with E-state index in [9.17, 15) is 0 Å². The van der Waals surface area contributed by atoms with E-state index in [0.29, 0.717) is 0 Å². The quantitative estimate of drug-likeness (QED) is 0.944. The zero-order valence-corrected chi connectivity index (χ0v) is 12.2. The van der Waals surface area contributed by atoms with E-state index in [2.05, 4.69) is 28.1 Å². The number of hydrogen-bond donors (Lipinski definition) is 1. The van der Waals surface area contributed by atoms with Crippen molar-refractivity contribution in [3.63, 3.8) is 0 Å². The standard InChI is InChI=1S/C15H18ClN3O/c1-2-14-10-19(8-11-6-17-18-7-11)9-12-3-4-13(16)5-15(12)20-14/h3-7,14H,2,8-10H2,1H3,(H,17,18). The van der Waals surface area contributed by atoms with Gasteiger partial charge in [0.1, 0.15) is 11.9 Å². The van der Waals surface area contributed by atoms with E-state index in [0.717, 1.165) is 36.8 Å². The van der Waals surface area contributed by atoms with Gasteiger partial charge in [0.15, 0.2) is 0 Å². The largest absolute Gasteiger partial charge is 0.489 e. The number of benzene rings is 1. The second kappa shape index (κ2) is 5.85. The van der Waals surface area contributed by atoms with Crippen LogP contribution < -0.4 is 4.74 Å². The lowest BCUT2D eigenvalue weighted by Crippen LogP contribution is -2.31. The minimum absolute atomic E-state index is 0.196. The third-order valence-electron chi connectivity index (χ3n) is 3.60. The SMILES string of the molecule is CCC1CN(Cc2cn[nH]c2)Cc2ccc(Cl)cc2O1. The summed E-state index contributed by atoms with van der Waals surface area (Å²) in [5, 5.41) is 7.59. The lowest BCUT2D eigenvalue weighted by molar-refractivity contribution is 0.139. The highest BCUT2D eigenvalue weighted by Gasteiger charge is 2.22. The Bertz CT molecular complexity index is 571. The normalized spacial score (nSPS) is 19.2. The number of H-pyrrole nitrogens is 1. The molecule has 0 fully saturated rings. The smallest absolute Gasteiger partial charge is 0.125 e. The highest BCUT2D eigenvalue weighted by molar-refractivity contribution is 6.30. The van der Waals surface area contributed by atoms with Gasteiger partial charge in [0, 0.05) is 42.0 Å². The highest BCUT2D eigenvalue weighted by atomic mass is 35.5. The molecule has 1 aliphatic heterocycles. The van der Waals surface area contributed by atoms with Gasteiger partial charge < -0.3 is 4.74 Å². The lowest BCUT2D eigenvalue weighted by atomic mass is 10.2. The zero-order chi connectivity index (χ0) is 13.9. The van der Waals surface area contributed by atoms with Crippen LogP contribution in [-0.2, 0) is 13.1 Å². The van der Waals surface area contributed by atoms with Crippen LogP contribution in [0.4, 0.5) is 0 Å². The number of fused-ring (bicyclic) bond motifs is 1. The van der Waals surface area contributed by atoms with Gasteiger partial charge in [-0.15, -0.1) is 0 Å². The number of nitrogens with zero attached hydrogens (tertiary/aromatic N) is 2. The van der Waals surface area contributed by atoms with Crippen LogP contribution in [0, 0.1) is 0 Å². The maximum absolute atomic E-state index is 6.09. The average molecular weight is 292 g/mol. The first-order valence-electron chi connectivity index (χ1n) is 6.89. The van der Waals surface area contributed by atoms with Crippen LogP contribution in [0.25, 0.3) is 0 Å². The van der Waals surface area contributed by atoms with Gasteiger partial charge in [-0.1, -0.05) is 24.6 Å². The highest BCUT2D eigenvalue weighted by Crippen LogP contribution is 2.29. The molecule has 3 rings (SSSR count). The van der Waals surface area contributed by atoms with Crippen molar-refractivity contribution in [1.82, 2.24) is 15.1 Å². The molecule has 1 unspecified atom stereocenters. The molecule has 2 aromatic rings. The predicted molar refractivity (Wildman–Crippen MR) is 78.9 cm³/mol. The topological polar surface area (TPSA) is 41.2 Å². The Morgan fingerprint density at radius 2 is 2.40 bits per heavy atom. The number of nitrogens with one attached hydrogen (secondary N) is 1. The fourth-order valence-corrected chi connectivity index (χ4v) is 2.70. The summed E-state index contributed by atoms with van der Waals surface area (Å²) in [6.07, 6.45) is 4.99. The minimum Gasteiger partial charge on any atom is -0.489 e. The van der Waals surface area contributed by atoms with Crippen LogP contribution in [0.5, 0.6) is 5.75 Å². The molecule has 0 aliphatic carbocycles. The van der Waals surface area contributed by atoms with Gasteiger partial charge in [-0.05, 0) is 18.6 Å². The molecule has 2 heterocycles. The fourth-order valence-electron chi connectivity index (χ4n) is 2.53. The Labute approximate surface area is 123 Å². The number of ether oxygens (including phenoxy) is 1. The number of rotatable bonds is 3. The first-order chi connectivity index (χ1) is 9.74. The average Bonchev–Trinajstić information content (AvgIpc) is 2.86. The van der Waals surface area contributed by atoms with Crippen LogP contribution in [0.3, 0.4) is 0 Å². The van der Waals surface area contributed by atoms with Crippen molar-refractivity contribution in [2.75, 3.05) is 6.54 Å². The number of aromatic nitrogens is 2. The predicted octanol–water partition coefficient (Wildman–Crippen LogP) is 3.24. The Morgan fingerprint density at radius 1 is 1.50 bits per heavy atom. The van der Waals surface area contributed by atoms with E-state index in [1.165, 1.54) is 11.1 Å². The van der Waals surface area contributed by atoms with Gasteiger partial charge in [0.05, 0.1) is 6.20 Å². The molecule has 0 amide bonds. The van der Waals surface area contributed by atoms with Crippen molar-refractivity contribution in [2.45, 2.75) is 32.5 Å². The van der Waals surface area contributed by atoms with Crippen LogP contribution in [0.1, 0.15) is 24.5 Å². The molecular weight excluding hydrogens is 274 g/mol. The van der Waals surface area contributed by atoms with E-state index in [4.69, 9.17) is 16.3 Å². The molecule has 0 saturated heterocycles. The molecule has 1 aromatic carbocycles. The van der Waals surface area contributed by atoms with E-state index in [-0.39, 0.29) is 6.10 Å². The molecule has 0 bridgehead atoms. The minimum atomic E-state index is 0.196. The molecule has 0 radical (unpaired) electrons. The van der Waals surface area contributed by atoms with Gasteiger partial charge in [-0.25, -0.2) is 0 Å². The molecule has 0 saturated carbocycles. The van der Waals surface area contributed by atoms with Crippen molar-refractivity contribution in [2.24, 2.45) is 0 Å². The lowest BCUT2D eigenvalue weighted by Gasteiger charge is -2.22. The molecule has 1 aliphatic rings. The second-order valence-corrected chi connectivity index (χ2v) is 5.61. The molecule has 1 N–H and O–H groups in total. The molecule has 0 spiro atoms. The first kappa shape index (κ1) is 13.5. The fraction of sp³-hybridized carbons (Fsp3) is 0.400. The third kappa shape index (κ3) is 2.97. The third-order valence-corrected chi connectivity index (χ3v) is 3.83. The van der Waals surface area contributed by atoms with Crippen molar-refractivity contribution in [3.8, 4) is 5.75 Å². The Balaban J connectivity index is 1.84. The van der Waals surface area contributed by atoms with E-state index < -0.39 is 0 Å². The summed E-state index contributed by atoms with van der Waals surface area (Å²) in [5.74, 6) is 0.916. The Morgan fingerprint density at radius 3 is 3.15 bits per heavy atom. The number of halogens is 1. The van der Waals surface area contributed by atoms with E-state index in [1.54, 1.807) is 0 Å². The Hall–Kier alpha value is -1.52. The molecule has 106 valence electrons. The van der Waals surface area contributed by atoms with Gasteiger partial charge in [-0.3, -0.25) is 10.00 Å². The number of hydrogen-bond acceptors (Lipinski definition) is 3. The first-order valence-corrected chi connectivity index (χ1v) is 7.27. The van der Waals surface area contributed by atoms with Crippen LogP contribution in [0.2, 0.25) is 5.02 Å². The summed E-state index contributed by atoms with van der Waals surface area (Å²) in [6.45, 7) is 4.80.